The third-order valence-corrected chi connectivity index (χ3v) is 4.31. The first-order chi connectivity index (χ1) is 12.9. The highest BCUT2D eigenvalue weighted by Gasteiger charge is 2.33. The third-order valence-electron chi connectivity index (χ3n) is 4.08. The number of aliphatic imine (C=N–C) groups is 1. The summed E-state index contributed by atoms with van der Waals surface area (Å²) in [7, 11) is 1.56. The number of amidine groups is 1. The molecule has 0 bridgehead atoms. The Hall–Kier alpha value is -2.55. The number of hydrogen-bond acceptors (Lipinski definition) is 7. The summed E-state index contributed by atoms with van der Waals surface area (Å²) in [5.74, 6) is 0.120. The summed E-state index contributed by atoms with van der Waals surface area (Å²) in [6.07, 6.45) is 3.48. The van der Waals surface area contributed by atoms with Crippen molar-refractivity contribution in [2.45, 2.75) is 12.0 Å². The van der Waals surface area contributed by atoms with Crippen LogP contribution in [-0.2, 0) is 10.3 Å². The van der Waals surface area contributed by atoms with Crippen LogP contribution < -0.4 is 16.2 Å². The molecular weight excluding hydrogens is 373 g/mol. The number of methoxy groups -OCH3 is 1. The van der Waals surface area contributed by atoms with E-state index in [0.29, 0.717) is 23.0 Å². The van der Waals surface area contributed by atoms with Crippen molar-refractivity contribution in [3.05, 3.63) is 52.9 Å². The van der Waals surface area contributed by atoms with E-state index in [1.54, 1.807) is 19.3 Å². The molecule has 1 atom stereocenters. The Balaban J connectivity index is 2.08. The molecule has 7 nitrogen and oxygen atoms in total. The van der Waals surface area contributed by atoms with Gasteiger partial charge in [0.15, 0.2) is 0 Å². The van der Waals surface area contributed by atoms with Crippen LogP contribution in [0.25, 0.3) is 11.3 Å². The summed E-state index contributed by atoms with van der Waals surface area (Å²) in [6, 6.07) is 5.84. The molecule has 2 aromatic rings. The molecule has 0 saturated carbocycles. The summed E-state index contributed by atoms with van der Waals surface area (Å²) in [6.45, 7) is 0.620. The second-order valence-electron chi connectivity index (χ2n) is 6.07. The Morgan fingerprint density at radius 3 is 2.81 bits per heavy atom. The molecule has 27 heavy (non-hydrogen) atoms. The fourth-order valence-electron chi connectivity index (χ4n) is 2.72. The van der Waals surface area contributed by atoms with Gasteiger partial charge in [-0.05, 0) is 30.3 Å². The van der Waals surface area contributed by atoms with Crippen LogP contribution in [0.5, 0.6) is 5.88 Å². The molecule has 1 unspecified atom stereocenters. The fourth-order valence-corrected chi connectivity index (χ4v) is 2.90. The molecular formula is C18H19ClFN5O2. The maximum absolute atomic E-state index is 14.3. The van der Waals surface area contributed by atoms with Crippen LogP contribution in [0.15, 0.2) is 41.5 Å². The molecule has 2 heterocycles. The van der Waals surface area contributed by atoms with Crippen molar-refractivity contribution in [3.63, 3.8) is 0 Å². The summed E-state index contributed by atoms with van der Waals surface area (Å²) in [5, 5.41) is 8.57. The third kappa shape index (κ3) is 4.24. The lowest BCUT2D eigenvalue weighted by atomic mass is 9.86. The van der Waals surface area contributed by atoms with Gasteiger partial charge in [-0.3, -0.25) is 0 Å². The summed E-state index contributed by atoms with van der Waals surface area (Å²) < 4.78 is 24.9. The van der Waals surface area contributed by atoms with E-state index in [9.17, 15) is 4.39 Å². The van der Waals surface area contributed by atoms with Crippen LogP contribution in [0.2, 0.25) is 5.02 Å². The molecule has 0 amide bonds. The predicted molar refractivity (Wildman–Crippen MR) is 101 cm³/mol. The molecule has 0 fully saturated rings. The molecule has 1 aromatic heterocycles. The number of nitrogens with zero attached hydrogens (tertiary/aromatic N) is 3. The Kier molecular flexibility index (Phi) is 5.69. The minimum atomic E-state index is -1.02. The number of ether oxygens (including phenoxy) is 2. The summed E-state index contributed by atoms with van der Waals surface area (Å²) >= 11 is 6.00. The Labute approximate surface area is 160 Å². The lowest BCUT2D eigenvalue weighted by molar-refractivity contribution is 0.141. The lowest BCUT2D eigenvalue weighted by Gasteiger charge is -2.29. The van der Waals surface area contributed by atoms with E-state index < -0.39 is 11.4 Å². The maximum Gasteiger partial charge on any atom is 0.239 e. The van der Waals surface area contributed by atoms with Crippen molar-refractivity contribution in [3.8, 4) is 17.1 Å². The number of benzene rings is 1. The van der Waals surface area contributed by atoms with E-state index >= 15 is 0 Å². The van der Waals surface area contributed by atoms with E-state index in [-0.39, 0.29) is 30.2 Å². The van der Waals surface area contributed by atoms with Crippen molar-refractivity contribution in [2.24, 2.45) is 16.5 Å². The predicted octanol–water partition coefficient (Wildman–Crippen LogP) is 2.39. The molecule has 1 aliphatic rings. The van der Waals surface area contributed by atoms with Gasteiger partial charge < -0.3 is 20.9 Å². The van der Waals surface area contributed by atoms with Crippen molar-refractivity contribution in [2.75, 3.05) is 20.3 Å². The highest BCUT2D eigenvalue weighted by atomic mass is 35.5. The van der Waals surface area contributed by atoms with E-state index in [2.05, 4.69) is 15.2 Å². The quantitative estimate of drug-likeness (QED) is 0.732. The normalized spacial score (nSPS) is 19.0. The maximum atomic E-state index is 14.3. The number of halogens is 2. The van der Waals surface area contributed by atoms with Crippen molar-refractivity contribution in [1.29, 1.82) is 0 Å². The fraction of sp³-hybridized carbons (Fsp3) is 0.278. The molecule has 0 aliphatic carbocycles. The highest BCUT2D eigenvalue weighted by Crippen LogP contribution is 2.35. The SMILES string of the molecule is COCCOc1nnc(-c2cc(Cl)ccc2F)cc1C1(N)C=CN=C(N)C1. The first kappa shape index (κ1) is 19.2. The number of rotatable bonds is 6. The molecule has 1 aromatic carbocycles. The summed E-state index contributed by atoms with van der Waals surface area (Å²) in [5.41, 5.74) is 12.4. The van der Waals surface area contributed by atoms with E-state index in [0.717, 1.165) is 0 Å². The molecule has 0 spiro atoms. The van der Waals surface area contributed by atoms with Crippen LogP contribution in [0.4, 0.5) is 4.39 Å². The average molecular weight is 392 g/mol. The zero-order chi connectivity index (χ0) is 19.4. The zero-order valence-electron chi connectivity index (χ0n) is 14.7. The minimum Gasteiger partial charge on any atom is -0.474 e. The smallest absolute Gasteiger partial charge is 0.239 e. The number of hydrogen-bond donors (Lipinski definition) is 2. The highest BCUT2D eigenvalue weighted by molar-refractivity contribution is 6.30. The van der Waals surface area contributed by atoms with E-state index in [4.69, 9.17) is 32.5 Å². The molecule has 4 N–H and O–H groups in total. The molecule has 3 rings (SSSR count). The van der Waals surface area contributed by atoms with Crippen molar-refractivity contribution < 1.29 is 13.9 Å². The van der Waals surface area contributed by atoms with Crippen LogP contribution in [0, 0.1) is 5.82 Å². The average Bonchev–Trinajstić information content (AvgIpc) is 2.64. The molecule has 142 valence electrons. The monoisotopic (exact) mass is 391 g/mol. The van der Waals surface area contributed by atoms with Crippen LogP contribution in [0.3, 0.4) is 0 Å². The Morgan fingerprint density at radius 2 is 2.07 bits per heavy atom. The minimum absolute atomic E-state index is 0.213. The molecule has 1 aliphatic heterocycles. The van der Waals surface area contributed by atoms with Gasteiger partial charge in [-0.2, -0.15) is 0 Å². The zero-order valence-corrected chi connectivity index (χ0v) is 15.4. The van der Waals surface area contributed by atoms with Crippen molar-refractivity contribution >= 4 is 17.4 Å². The van der Waals surface area contributed by atoms with Gasteiger partial charge in [0.05, 0.1) is 17.8 Å². The van der Waals surface area contributed by atoms with Gasteiger partial charge in [-0.15, -0.1) is 10.2 Å². The van der Waals surface area contributed by atoms with Crippen LogP contribution >= 0.6 is 11.6 Å². The first-order valence-electron chi connectivity index (χ1n) is 8.17. The Morgan fingerprint density at radius 1 is 1.26 bits per heavy atom. The van der Waals surface area contributed by atoms with Gasteiger partial charge in [0.1, 0.15) is 18.3 Å². The van der Waals surface area contributed by atoms with Gasteiger partial charge in [0.2, 0.25) is 5.88 Å². The second-order valence-corrected chi connectivity index (χ2v) is 6.50. The number of aromatic nitrogens is 2. The van der Waals surface area contributed by atoms with Gasteiger partial charge >= 0.3 is 0 Å². The topological polar surface area (TPSA) is 109 Å². The molecule has 9 heteroatoms. The largest absolute Gasteiger partial charge is 0.474 e. The second kappa shape index (κ2) is 7.99. The van der Waals surface area contributed by atoms with Crippen molar-refractivity contribution in [1.82, 2.24) is 10.2 Å². The molecule has 0 radical (unpaired) electrons. The number of nitrogens with two attached hydrogens (primary N) is 2. The van der Waals surface area contributed by atoms with Gasteiger partial charge in [0.25, 0.3) is 0 Å². The van der Waals surface area contributed by atoms with E-state index in [1.165, 1.54) is 24.4 Å². The van der Waals surface area contributed by atoms with E-state index in [1.807, 2.05) is 0 Å². The van der Waals surface area contributed by atoms with Crippen LogP contribution in [0.1, 0.15) is 12.0 Å². The Bertz CT molecular complexity index is 905. The van der Waals surface area contributed by atoms with Crippen LogP contribution in [-0.4, -0.2) is 36.4 Å². The lowest BCUT2D eigenvalue weighted by Crippen LogP contribution is -2.41. The standard InChI is InChI=1S/C18H19ClFN5O2/c1-26-6-7-27-17-13(18(22)4-5-23-16(21)10-18)9-15(24-25-17)12-8-11(19)2-3-14(12)20/h2-5,8-9H,6-7,10,22H2,1H3,(H2,21,23). The van der Waals surface area contributed by atoms with Gasteiger partial charge in [0, 0.05) is 35.9 Å². The van der Waals surface area contributed by atoms with Gasteiger partial charge in [-0.25, -0.2) is 9.38 Å². The summed E-state index contributed by atoms with van der Waals surface area (Å²) in [4.78, 5) is 4.02. The molecule has 0 saturated heterocycles. The van der Waals surface area contributed by atoms with Gasteiger partial charge in [-0.1, -0.05) is 11.6 Å². The first-order valence-corrected chi connectivity index (χ1v) is 8.55.